The standard InChI is InChI=1S/C38H38ClN5O4/c1-25-8-10-27(11-9-25)30-6-4-5-7-31(30)37(47)40-32-14-12-28(22-26(32)2)38(48)43-17-16-35(45)44(34-23-29(39)13-15-33(34)43)24-36(46)42-20-18-41(3)19-21-42/h4-15,22-23H,16-21,24H2,1-3H3,(H,40,47). The van der Waals surface area contributed by atoms with Crippen molar-refractivity contribution in [3.63, 3.8) is 0 Å². The van der Waals surface area contributed by atoms with Gasteiger partial charge in [0, 0.05) is 61.0 Å². The molecular weight excluding hydrogens is 626 g/mol. The van der Waals surface area contributed by atoms with E-state index in [9.17, 15) is 19.2 Å². The van der Waals surface area contributed by atoms with Crippen LogP contribution in [0, 0.1) is 13.8 Å². The quantitative estimate of drug-likeness (QED) is 0.272. The molecule has 2 heterocycles. The number of carbonyl (C=O) groups is 4. The normalized spacial score (nSPS) is 15.2. The number of fused-ring (bicyclic) bond motifs is 1. The Morgan fingerprint density at radius 1 is 0.812 bits per heavy atom. The van der Waals surface area contributed by atoms with Crippen molar-refractivity contribution >= 4 is 52.3 Å². The van der Waals surface area contributed by atoms with Crippen LogP contribution in [0.1, 0.15) is 38.3 Å². The van der Waals surface area contributed by atoms with Crippen LogP contribution >= 0.6 is 11.6 Å². The molecule has 0 aliphatic carbocycles. The van der Waals surface area contributed by atoms with Crippen LogP contribution in [0.5, 0.6) is 0 Å². The van der Waals surface area contributed by atoms with E-state index in [-0.39, 0.29) is 43.1 Å². The van der Waals surface area contributed by atoms with E-state index < -0.39 is 0 Å². The first-order valence-corrected chi connectivity index (χ1v) is 16.4. The molecule has 2 aliphatic heterocycles. The van der Waals surface area contributed by atoms with Gasteiger partial charge in [-0.2, -0.15) is 0 Å². The highest BCUT2D eigenvalue weighted by Gasteiger charge is 2.33. The molecule has 0 spiro atoms. The van der Waals surface area contributed by atoms with Gasteiger partial charge in [-0.3, -0.25) is 19.2 Å². The summed E-state index contributed by atoms with van der Waals surface area (Å²) >= 11 is 6.39. The molecule has 6 rings (SSSR count). The SMILES string of the molecule is Cc1ccc(-c2ccccc2C(=O)Nc2ccc(C(=O)N3CCC(=O)N(CC(=O)N4CCN(C)CC4)c4cc(Cl)ccc43)cc2C)cc1. The maximum atomic E-state index is 14.0. The van der Waals surface area contributed by atoms with Crippen molar-refractivity contribution in [2.45, 2.75) is 20.3 Å². The smallest absolute Gasteiger partial charge is 0.258 e. The molecule has 10 heteroatoms. The van der Waals surface area contributed by atoms with Crippen LogP contribution in [0.2, 0.25) is 5.02 Å². The number of hydrogen-bond acceptors (Lipinski definition) is 5. The van der Waals surface area contributed by atoms with Gasteiger partial charge < -0.3 is 24.9 Å². The molecule has 0 bridgehead atoms. The predicted octanol–water partition coefficient (Wildman–Crippen LogP) is 6.03. The van der Waals surface area contributed by atoms with Gasteiger partial charge in [0.2, 0.25) is 11.8 Å². The Balaban J connectivity index is 1.22. The molecule has 0 atom stereocenters. The van der Waals surface area contributed by atoms with Gasteiger partial charge in [-0.05, 0) is 80.1 Å². The fraction of sp³-hybridized carbons (Fsp3) is 0.263. The van der Waals surface area contributed by atoms with Crippen molar-refractivity contribution in [2.24, 2.45) is 0 Å². The molecule has 4 amide bonds. The number of nitrogens with zero attached hydrogens (tertiary/aromatic N) is 4. The van der Waals surface area contributed by atoms with Gasteiger partial charge in [0.15, 0.2) is 0 Å². The van der Waals surface area contributed by atoms with Gasteiger partial charge in [-0.25, -0.2) is 0 Å². The maximum absolute atomic E-state index is 14.0. The number of halogens is 1. The van der Waals surface area contributed by atoms with Gasteiger partial charge >= 0.3 is 0 Å². The van der Waals surface area contributed by atoms with Crippen molar-refractivity contribution < 1.29 is 19.2 Å². The Morgan fingerprint density at radius 2 is 1.54 bits per heavy atom. The Morgan fingerprint density at radius 3 is 2.27 bits per heavy atom. The summed E-state index contributed by atoms with van der Waals surface area (Å²) in [5.74, 6) is -0.950. The first kappa shape index (κ1) is 32.9. The third-order valence-corrected chi connectivity index (χ3v) is 9.25. The van der Waals surface area contributed by atoms with E-state index in [1.165, 1.54) is 4.90 Å². The minimum Gasteiger partial charge on any atom is -0.339 e. The van der Waals surface area contributed by atoms with Crippen LogP contribution in [0.4, 0.5) is 17.1 Å². The largest absolute Gasteiger partial charge is 0.339 e. The third kappa shape index (κ3) is 6.98. The molecule has 48 heavy (non-hydrogen) atoms. The van der Waals surface area contributed by atoms with E-state index in [2.05, 4.69) is 10.2 Å². The number of benzene rings is 4. The van der Waals surface area contributed by atoms with Crippen molar-refractivity contribution in [1.82, 2.24) is 9.80 Å². The number of carbonyl (C=O) groups excluding carboxylic acids is 4. The zero-order chi connectivity index (χ0) is 33.9. The molecule has 246 valence electrons. The van der Waals surface area contributed by atoms with Crippen molar-refractivity contribution in [3.05, 3.63) is 112 Å². The summed E-state index contributed by atoms with van der Waals surface area (Å²) in [5.41, 5.74) is 6.08. The molecular formula is C38H38ClN5O4. The zero-order valence-electron chi connectivity index (χ0n) is 27.3. The number of rotatable bonds is 6. The summed E-state index contributed by atoms with van der Waals surface area (Å²) < 4.78 is 0. The van der Waals surface area contributed by atoms with E-state index in [0.717, 1.165) is 29.8 Å². The van der Waals surface area contributed by atoms with Gasteiger partial charge in [0.05, 0.1) is 11.4 Å². The van der Waals surface area contributed by atoms with E-state index in [1.807, 2.05) is 63.4 Å². The zero-order valence-corrected chi connectivity index (χ0v) is 28.1. The summed E-state index contributed by atoms with van der Waals surface area (Å²) in [6.45, 7) is 6.60. The molecule has 4 aromatic rings. The Kier molecular flexibility index (Phi) is 9.61. The summed E-state index contributed by atoms with van der Waals surface area (Å²) in [6, 6.07) is 25.7. The second-order valence-corrected chi connectivity index (χ2v) is 12.8. The second kappa shape index (κ2) is 14.0. The first-order chi connectivity index (χ1) is 23.1. The van der Waals surface area contributed by atoms with Gasteiger partial charge in [-0.1, -0.05) is 59.6 Å². The summed E-state index contributed by atoms with van der Waals surface area (Å²) in [6.07, 6.45) is 0.0432. The molecule has 2 aliphatic rings. The van der Waals surface area contributed by atoms with E-state index in [4.69, 9.17) is 11.6 Å². The van der Waals surface area contributed by atoms with Gasteiger partial charge in [-0.15, -0.1) is 0 Å². The van der Waals surface area contributed by atoms with Crippen LogP contribution in [-0.2, 0) is 9.59 Å². The molecule has 0 aromatic heterocycles. The van der Waals surface area contributed by atoms with Crippen LogP contribution < -0.4 is 15.1 Å². The lowest BCUT2D eigenvalue weighted by Gasteiger charge is -2.34. The lowest BCUT2D eigenvalue weighted by Crippen LogP contribution is -2.50. The maximum Gasteiger partial charge on any atom is 0.258 e. The average Bonchev–Trinajstić information content (AvgIpc) is 3.21. The van der Waals surface area contributed by atoms with Crippen molar-refractivity contribution in [1.29, 1.82) is 0 Å². The highest BCUT2D eigenvalue weighted by molar-refractivity contribution is 6.31. The first-order valence-electron chi connectivity index (χ1n) is 16.0. The predicted molar refractivity (Wildman–Crippen MR) is 190 cm³/mol. The van der Waals surface area contributed by atoms with E-state index >= 15 is 0 Å². The Labute approximate surface area is 285 Å². The van der Waals surface area contributed by atoms with Crippen LogP contribution in [0.25, 0.3) is 11.1 Å². The summed E-state index contributed by atoms with van der Waals surface area (Å²) in [4.78, 5) is 61.2. The highest BCUT2D eigenvalue weighted by atomic mass is 35.5. The molecule has 0 saturated carbocycles. The molecule has 1 fully saturated rings. The number of amides is 4. The fourth-order valence-corrected chi connectivity index (χ4v) is 6.33. The third-order valence-electron chi connectivity index (χ3n) is 9.02. The van der Waals surface area contributed by atoms with Crippen molar-refractivity contribution in [3.8, 4) is 11.1 Å². The summed E-state index contributed by atoms with van der Waals surface area (Å²) in [7, 11) is 2.02. The van der Waals surface area contributed by atoms with E-state index in [0.29, 0.717) is 51.9 Å². The number of anilines is 3. The number of aryl methyl sites for hydroxylation is 2. The number of nitrogens with one attached hydrogen (secondary N) is 1. The monoisotopic (exact) mass is 663 g/mol. The minimum absolute atomic E-state index is 0.0432. The topological polar surface area (TPSA) is 93.3 Å². The second-order valence-electron chi connectivity index (χ2n) is 12.4. The number of piperazine rings is 1. The molecule has 0 unspecified atom stereocenters. The van der Waals surface area contributed by atoms with Crippen LogP contribution in [0.3, 0.4) is 0 Å². The number of likely N-dealkylation sites (N-methyl/N-ethyl adjacent to an activating group) is 1. The Bertz CT molecular complexity index is 1880. The molecule has 9 nitrogen and oxygen atoms in total. The van der Waals surface area contributed by atoms with Gasteiger partial charge in [0.1, 0.15) is 6.54 Å². The molecule has 1 N–H and O–H groups in total. The van der Waals surface area contributed by atoms with Crippen LogP contribution in [-0.4, -0.2) is 79.7 Å². The summed E-state index contributed by atoms with van der Waals surface area (Å²) in [5, 5.41) is 3.41. The highest BCUT2D eigenvalue weighted by Crippen LogP contribution is 2.36. The lowest BCUT2D eigenvalue weighted by molar-refractivity contribution is -0.132. The van der Waals surface area contributed by atoms with E-state index in [1.54, 1.807) is 52.3 Å². The minimum atomic E-state index is -0.302. The Hall–Kier alpha value is -4.99. The number of hydrogen-bond donors (Lipinski definition) is 1. The molecule has 4 aromatic carbocycles. The van der Waals surface area contributed by atoms with Crippen LogP contribution in [0.15, 0.2) is 84.9 Å². The van der Waals surface area contributed by atoms with Crippen molar-refractivity contribution in [2.75, 3.05) is 61.4 Å². The fourth-order valence-electron chi connectivity index (χ4n) is 6.16. The lowest BCUT2D eigenvalue weighted by atomic mass is 9.98. The van der Waals surface area contributed by atoms with Gasteiger partial charge in [0.25, 0.3) is 11.8 Å². The molecule has 0 radical (unpaired) electrons. The molecule has 1 saturated heterocycles. The average molecular weight is 664 g/mol.